The number of nitrogens with zero attached hydrogens (tertiary/aromatic N) is 1. The molecule has 18 heavy (non-hydrogen) atoms. The van der Waals surface area contributed by atoms with Crippen LogP contribution in [0.4, 0.5) is 4.79 Å². The minimum Gasteiger partial charge on any atom is -0.325 e. The van der Waals surface area contributed by atoms with Gasteiger partial charge < -0.3 is 5.32 Å². The van der Waals surface area contributed by atoms with Crippen molar-refractivity contribution in [2.45, 2.75) is 26.4 Å². The van der Waals surface area contributed by atoms with Gasteiger partial charge in [0.2, 0.25) is 0 Å². The van der Waals surface area contributed by atoms with Gasteiger partial charge in [0.15, 0.2) is 0 Å². The predicted molar refractivity (Wildman–Crippen MR) is 68.5 cm³/mol. The summed E-state index contributed by atoms with van der Waals surface area (Å²) in [5.41, 5.74) is 2.68. The maximum atomic E-state index is 11.3. The van der Waals surface area contributed by atoms with Gasteiger partial charge in [-0.2, -0.15) is 0 Å². The molecular weight excluding hydrogens is 230 g/mol. The number of nitrogens with one attached hydrogen (secondary N) is 2. The van der Waals surface area contributed by atoms with Crippen molar-refractivity contribution in [3.8, 4) is 11.8 Å². The quantitative estimate of drug-likeness (QED) is 0.614. The number of amides is 2. The van der Waals surface area contributed by atoms with E-state index in [9.17, 15) is 4.79 Å². The molecule has 0 aliphatic rings. The molecule has 5 nitrogen and oxygen atoms in total. The van der Waals surface area contributed by atoms with Gasteiger partial charge in [0.05, 0.1) is 12.1 Å². The zero-order valence-corrected chi connectivity index (χ0v) is 10.8. The molecule has 1 heterocycles. The normalized spacial score (nSPS) is 10.2. The lowest BCUT2D eigenvalue weighted by Gasteiger charge is -2.18. The summed E-state index contributed by atoms with van der Waals surface area (Å²) in [6.45, 7) is 5.77. The van der Waals surface area contributed by atoms with Crippen LogP contribution in [0.15, 0.2) is 24.5 Å². The monoisotopic (exact) mass is 247 g/mol. The molecule has 5 heteroatoms. The summed E-state index contributed by atoms with van der Waals surface area (Å²) in [5.74, 6) is 5.69. The molecule has 0 saturated carbocycles. The van der Waals surface area contributed by atoms with Gasteiger partial charge in [0.25, 0.3) is 0 Å². The van der Waals surface area contributed by atoms with Gasteiger partial charge in [-0.05, 0) is 32.9 Å². The highest BCUT2D eigenvalue weighted by atomic mass is 16.7. The number of carbonyl (C=O) groups is 1. The Bertz CT molecular complexity index is 441. The third kappa shape index (κ3) is 6.51. The maximum Gasteiger partial charge on any atom is 0.339 e. The van der Waals surface area contributed by atoms with Crippen LogP contribution in [0.25, 0.3) is 0 Å². The topological polar surface area (TPSA) is 63.2 Å². The molecule has 0 aliphatic carbocycles. The summed E-state index contributed by atoms with van der Waals surface area (Å²) in [7, 11) is 0. The lowest BCUT2D eigenvalue weighted by Crippen LogP contribution is -2.40. The molecule has 0 atom stereocenters. The largest absolute Gasteiger partial charge is 0.339 e. The number of hydroxylamine groups is 1. The molecule has 1 aromatic rings. The molecule has 2 N–H and O–H groups in total. The Kier molecular flexibility index (Phi) is 5.15. The molecule has 0 aromatic carbocycles. The first-order valence-corrected chi connectivity index (χ1v) is 5.58. The molecular formula is C13H17N3O2. The average Bonchev–Trinajstić information content (AvgIpc) is 2.33. The van der Waals surface area contributed by atoms with E-state index in [4.69, 9.17) is 4.84 Å². The number of hydrogen-bond donors (Lipinski definition) is 2. The minimum atomic E-state index is -0.418. The van der Waals surface area contributed by atoms with Gasteiger partial charge in [0, 0.05) is 18.0 Å². The van der Waals surface area contributed by atoms with Crippen molar-refractivity contribution < 1.29 is 9.63 Å². The number of aromatic nitrogens is 1. The van der Waals surface area contributed by atoms with Crippen molar-refractivity contribution in [3.63, 3.8) is 0 Å². The van der Waals surface area contributed by atoms with E-state index in [0.717, 1.165) is 5.56 Å². The summed E-state index contributed by atoms with van der Waals surface area (Å²) in [6.07, 6.45) is 3.34. The Morgan fingerprint density at radius 3 is 2.89 bits per heavy atom. The highest BCUT2D eigenvalue weighted by molar-refractivity contribution is 5.73. The predicted octanol–water partition coefficient (Wildman–Crippen LogP) is 1.46. The van der Waals surface area contributed by atoms with Crippen molar-refractivity contribution in [3.05, 3.63) is 30.1 Å². The second-order valence-electron chi connectivity index (χ2n) is 4.54. The molecule has 0 aliphatic heterocycles. The molecule has 96 valence electrons. The summed E-state index contributed by atoms with van der Waals surface area (Å²) < 4.78 is 0. The highest BCUT2D eigenvalue weighted by Crippen LogP contribution is 2.02. The molecule has 2 amide bonds. The van der Waals surface area contributed by atoms with Gasteiger partial charge in [-0.1, -0.05) is 11.8 Å². The molecule has 0 unspecified atom stereocenters. The fraction of sp³-hybridized carbons (Fsp3) is 0.385. The maximum absolute atomic E-state index is 11.3. The van der Waals surface area contributed by atoms with Crippen LogP contribution in [0.1, 0.15) is 26.3 Å². The van der Waals surface area contributed by atoms with Gasteiger partial charge in [-0.3, -0.25) is 9.82 Å². The minimum absolute atomic E-state index is 0.244. The molecule has 0 saturated heterocycles. The van der Waals surface area contributed by atoms with E-state index >= 15 is 0 Å². The van der Waals surface area contributed by atoms with Crippen LogP contribution >= 0.6 is 0 Å². The first-order valence-electron chi connectivity index (χ1n) is 5.58. The van der Waals surface area contributed by atoms with E-state index in [-0.39, 0.29) is 6.54 Å². The van der Waals surface area contributed by atoms with Gasteiger partial charge in [0.1, 0.15) is 0 Å². The number of hydrogen-bond acceptors (Lipinski definition) is 3. The molecule has 1 rings (SSSR count). The van der Waals surface area contributed by atoms with E-state index in [2.05, 4.69) is 27.6 Å². The highest BCUT2D eigenvalue weighted by Gasteiger charge is 2.11. The van der Waals surface area contributed by atoms with E-state index in [1.165, 1.54) is 0 Å². The van der Waals surface area contributed by atoms with E-state index in [1.54, 1.807) is 18.5 Å². The Balaban J connectivity index is 2.26. The van der Waals surface area contributed by atoms with Crippen molar-refractivity contribution in [1.29, 1.82) is 0 Å². The number of rotatable bonds is 2. The van der Waals surface area contributed by atoms with Crippen LogP contribution in [-0.2, 0) is 4.84 Å². The van der Waals surface area contributed by atoms with Crippen molar-refractivity contribution >= 4 is 6.03 Å². The van der Waals surface area contributed by atoms with Crippen LogP contribution < -0.4 is 10.8 Å². The van der Waals surface area contributed by atoms with Crippen LogP contribution in [-0.4, -0.2) is 23.2 Å². The van der Waals surface area contributed by atoms with E-state index < -0.39 is 11.6 Å². The molecule has 0 radical (unpaired) electrons. The Hall–Kier alpha value is -2.06. The van der Waals surface area contributed by atoms with Crippen LogP contribution in [0.5, 0.6) is 0 Å². The fourth-order valence-electron chi connectivity index (χ4n) is 0.943. The standard InChI is InChI=1S/C13H17N3O2/c1-13(2,3)18-16-12(17)15-9-5-7-11-6-4-8-14-10-11/h4,6,8,10H,9H2,1-3H3,(H2,15,16,17). The number of pyridine rings is 1. The smallest absolute Gasteiger partial charge is 0.325 e. The first-order chi connectivity index (χ1) is 8.47. The Morgan fingerprint density at radius 2 is 2.28 bits per heavy atom. The Labute approximate surface area is 107 Å². The van der Waals surface area contributed by atoms with Crippen LogP contribution in [0.3, 0.4) is 0 Å². The molecule has 0 fully saturated rings. The van der Waals surface area contributed by atoms with E-state index in [1.807, 2.05) is 26.8 Å². The second-order valence-corrected chi connectivity index (χ2v) is 4.54. The summed E-state index contributed by atoms with van der Waals surface area (Å²) in [5, 5.41) is 2.56. The summed E-state index contributed by atoms with van der Waals surface area (Å²) in [6, 6.07) is 3.25. The number of urea groups is 1. The van der Waals surface area contributed by atoms with Gasteiger partial charge >= 0.3 is 6.03 Å². The van der Waals surface area contributed by atoms with Crippen LogP contribution in [0, 0.1) is 11.8 Å². The van der Waals surface area contributed by atoms with Crippen molar-refractivity contribution in [1.82, 2.24) is 15.8 Å². The number of carbonyl (C=O) groups excluding carboxylic acids is 1. The second kappa shape index (κ2) is 6.62. The Morgan fingerprint density at radius 1 is 1.50 bits per heavy atom. The molecule has 0 bridgehead atoms. The van der Waals surface area contributed by atoms with Gasteiger partial charge in [-0.15, -0.1) is 0 Å². The lowest BCUT2D eigenvalue weighted by atomic mass is 10.2. The zero-order valence-electron chi connectivity index (χ0n) is 10.8. The lowest BCUT2D eigenvalue weighted by molar-refractivity contribution is -0.0526. The fourth-order valence-corrected chi connectivity index (χ4v) is 0.943. The van der Waals surface area contributed by atoms with Crippen molar-refractivity contribution in [2.75, 3.05) is 6.54 Å². The van der Waals surface area contributed by atoms with Crippen molar-refractivity contribution in [2.24, 2.45) is 0 Å². The first kappa shape index (κ1) is 14.0. The summed E-state index contributed by atoms with van der Waals surface area (Å²) >= 11 is 0. The molecule has 1 aromatic heterocycles. The summed E-state index contributed by atoms with van der Waals surface area (Å²) in [4.78, 5) is 20.3. The van der Waals surface area contributed by atoms with Crippen LogP contribution in [0.2, 0.25) is 0 Å². The molecule has 0 spiro atoms. The van der Waals surface area contributed by atoms with E-state index in [0.29, 0.717) is 0 Å². The SMILES string of the molecule is CC(C)(C)ONC(=O)NCC#Cc1cccnc1. The third-order valence-corrected chi connectivity index (χ3v) is 1.68. The zero-order chi connectivity index (χ0) is 13.4. The average molecular weight is 247 g/mol. The van der Waals surface area contributed by atoms with Gasteiger partial charge in [-0.25, -0.2) is 10.3 Å². The third-order valence-electron chi connectivity index (χ3n) is 1.68.